The van der Waals surface area contributed by atoms with Gasteiger partial charge < -0.3 is 14.6 Å². The van der Waals surface area contributed by atoms with E-state index in [1.807, 2.05) is 0 Å². The SMILES string of the molecule is CCCCCCCCC=CCCCCCCCC(=O)OCC(CO)OC=O. The molecule has 0 aromatic heterocycles. The number of hydrogen-bond donors (Lipinski definition) is 1. The summed E-state index contributed by atoms with van der Waals surface area (Å²) in [6.45, 7) is 2.07. The van der Waals surface area contributed by atoms with E-state index in [0.717, 1.165) is 25.7 Å². The van der Waals surface area contributed by atoms with Gasteiger partial charge in [0.1, 0.15) is 6.61 Å². The Morgan fingerprint density at radius 1 is 0.889 bits per heavy atom. The van der Waals surface area contributed by atoms with Crippen LogP contribution in [-0.2, 0) is 19.1 Å². The number of hydrogen-bond acceptors (Lipinski definition) is 5. The molecule has 27 heavy (non-hydrogen) atoms. The van der Waals surface area contributed by atoms with Crippen LogP contribution in [0.25, 0.3) is 0 Å². The molecular formula is C22H40O5. The van der Waals surface area contributed by atoms with E-state index >= 15 is 0 Å². The molecule has 0 heterocycles. The second-order valence-corrected chi connectivity index (χ2v) is 7.05. The van der Waals surface area contributed by atoms with Gasteiger partial charge in [0.2, 0.25) is 0 Å². The van der Waals surface area contributed by atoms with Crippen molar-refractivity contribution >= 4 is 12.4 Å². The summed E-state index contributed by atoms with van der Waals surface area (Å²) in [5.41, 5.74) is 0. The lowest BCUT2D eigenvalue weighted by Gasteiger charge is -2.12. The Morgan fingerprint density at radius 3 is 2.00 bits per heavy atom. The highest BCUT2D eigenvalue weighted by Crippen LogP contribution is 2.10. The van der Waals surface area contributed by atoms with Gasteiger partial charge in [0.05, 0.1) is 6.61 Å². The van der Waals surface area contributed by atoms with Crippen LogP contribution in [0.1, 0.15) is 96.8 Å². The van der Waals surface area contributed by atoms with Crippen molar-refractivity contribution in [2.75, 3.05) is 13.2 Å². The van der Waals surface area contributed by atoms with Crippen molar-refractivity contribution in [1.29, 1.82) is 0 Å². The smallest absolute Gasteiger partial charge is 0.305 e. The monoisotopic (exact) mass is 384 g/mol. The first-order valence-electron chi connectivity index (χ1n) is 10.7. The highest BCUT2D eigenvalue weighted by molar-refractivity contribution is 5.69. The van der Waals surface area contributed by atoms with Gasteiger partial charge in [0.15, 0.2) is 6.10 Å². The normalized spacial score (nSPS) is 12.2. The van der Waals surface area contributed by atoms with E-state index in [-0.39, 0.29) is 25.7 Å². The van der Waals surface area contributed by atoms with Crippen molar-refractivity contribution in [3.05, 3.63) is 12.2 Å². The zero-order chi connectivity index (χ0) is 20.0. The summed E-state index contributed by atoms with van der Waals surface area (Å²) in [7, 11) is 0. The summed E-state index contributed by atoms with van der Waals surface area (Å²) in [5, 5.41) is 8.91. The predicted molar refractivity (Wildman–Crippen MR) is 108 cm³/mol. The Labute approximate surface area is 165 Å². The molecule has 1 atom stereocenters. The molecule has 0 spiro atoms. The third-order valence-corrected chi connectivity index (χ3v) is 4.52. The van der Waals surface area contributed by atoms with Crippen molar-refractivity contribution in [2.45, 2.75) is 103 Å². The summed E-state index contributed by atoms with van der Waals surface area (Å²) >= 11 is 0. The molecule has 0 aliphatic heterocycles. The highest BCUT2D eigenvalue weighted by Gasteiger charge is 2.11. The van der Waals surface area contributed by atoms with Gasteiger partial charge in [-0.15, -0.1) is 0 Å². The molecule has 158 valence electrons. The molecule has 0 bridgehead atoms. The maximum absolute atomic E-state index is 11.5. The lowest BCUT2D eigenvalue weighted by atomic mass is 10.1. The van der Waals surface area contributed by atoms with Gasteiger partial charge in [0, 0.05) is 6.42 Å². The third-order valence-electron chi connectivity index (χ3n) is 4.52. The summed E-state index contributed by atoms with van der Waals surface area (Å²) in [6, 6.07) is 0. The highest BCUT2D eigenvalue weighted by atomic mass is 16.6. The van der Waals surface area contributed by atoms with E-state index in [4.69, 9.17) is 9.84 Å². The van der Waals surface area contributed by atoms with Gasteiger partial charge in [0.25, 0.3) is 6.47 Å². The van der Waals surface area contributed by atoms with Gasteiger partial charge >= 0.3 is 5.97 Å². The number of aliphatic hydroxyl groups excluding tert-OH is 1. The first kappa shape index (κ1) is 25.6. The quantitative estimate of drug-likeness (QED) is 0.137. The predicted octanol–water partition coefficient (Wildman–Crippen LogP) is 5.10. The average molecular weight is 385 g/mol. The molecule has 0 aliphatic rings. The number of rotatable bonds is 20. The van der Waals surface area contributed by atoms with Crippen molar-refractivity contribution in [3.63, 3.8) is 0 Å². The number of allylic oxidation sites excluding steroid dienone is 2. The van der Waals surface area contributed by atoms with Crippen LogP contribution in [0, 0.1) is 0 Å². The maximum atomic E-state index is 11.5. The van der Waals surface area contributed by atoms with Crippen molar-refractivity contribution in [1.82, 2.24) is 0 Å². The van der Waals surface area contributed by atoms with Crippen molar-refractivity contribution in [2.24, 2.45) is 0 Å². The molecule has 5 heteroatoms. The van der Waals surface area contributed by atoms with Gasteiger partial charge in [-0.25, -0.2) is 0 Å². The molecule has 0 saturated heterocycles. The summed E-state index contributed by atoms with van der Waals surface area (Å²) < 4.78 is 9.53. The molecule has 0 saturated carbocycles. The van der Waals surface area contributed by atoms with Gasteiger partial charge in [-0.3, -0.25) is 9.59 Å². The Bertz CT molecular complexity index is 368. The number of carbonyl (C=O) groups is 2. The minimum Gasteiger partial charge on any atom is -0.462 e. The number of unbranched alkanes of at least 4 members (excludes halogenated alkanes) is 11. The lowest BCUT2D eigenvalue weighted by Crippen LogP contribution is -2.25. The second-order valence-electron chi connectivity index (χ2n) is 7.05. The number of ether oxygens (including phenoxy) is 2. The fraction of sp³-hybridized carbons (Fsp3) is 0.818. The molecule has 0 aliphatic carbocycles. The van der Waals surface area contributed by atoms with E-state index in [2.05, 4.69) is 23.8 Å². The molecule has 1 unspecified atom stereocenters. The Hall–Kier alpha value is -1.36. The van der Waals surface area contributed by atoms with Crippen LogP contribution in [-0.4, -0.2) is 36.9 Å². The van der Waals surface area contributed by atoms with Gasteiger partial charge in [-0.05, 0) is 32.1 Å². The molecule has 1 N–H and O–H groups in total. The van der Waals surface area contributed by atoms with Crippen molar-refractivity contribution < 1.29 is 24.2 Å². The summed E-state index contributed by atoms with van der Waals surface area (Å²) in [6.07, 6.45) is 20.1. The Balaban J connectivity index is 3.33. The van der Waals surface area contributed by atoms with Crippen LogP contribution in [0.4, 0.5) is 0 Å². The van der Waals surface area contributed by atoms with Gasteiger partial charge in [-0.1, -0.05) is 70.4 Å². The van der Waals surface area contributed by atoms with Gasteiger partial charge in [-0.2, -0.15) is 0 Å². The molecular weight excluding hydrogens is 344 g/mol. The van der Waals surface area contributed by atoms with E-state index in [9.17, 15) is 9.59 Å². The second kappa shape index (κ2) is 20.9. The minimum absolute atomic E-state index is 0.0842. The maximum Gasteiger partial charge on any atom is 0.305 e. The first-order valence-corrected chi connectivity index (χ1v) is 10.7. The number of carbonyl (C=O) groups excluding carboxylic acids is 2. The Kier molecular flexibility index (Phi) is 19.9. The molecule has 0 fully saturated rings. The van der Waals surface area contributed by atoms with E-state index in [0.29, 0.717) is 6.42 Å². The minimum atomic E-state index is -0.763. The molecule has 0 radical (unpaired) electrons. The van der Waals surface area contributed by atoms with E-state index in [1.54, 1.807) is 0 Å². The standard InChI is InChI=1S/C22H40O5/c1-2-3-4-5-6-7-8-9-10-11-12-13-14-15-16-17-22(25)26-19-21(18-23)27-20-24/h9-10,20-21,23H,2-8,11-19H2,1H3. The van der Waals surface area contributed by atoms with Crippen LogP contribution in [0.3, 0.4) is 0 Å². The van der Waals surface area contributed by atoms with E-state index in [1.165, 1.54) is 57.8 Å². The lowest BCUT2D eigenvalue weighted by molar-refractivity contribution is -0.153. The third kappa shape index (κ3) is 19.2. The van der Waals surface area contributed by atoms with Crippen LogP contribution in [0.5, 0.6) is 0 Å². The fourth-order valence-electron chi connectivity index (χ4n) is 2.81. The number of aliphatic hydroxyl groups is 1. The van der Waals surface area contributed by atoms with Crippen molar-refractivity contribution in [3.8, 4) is 0 Å². The number of esters is 1. The summed E-state index contributed by atoms with van der Waals surface area (Å²) in [4.78, 5) is 21.7. The average Bonchev–Trinajstić information content (AvgIpc) is 2.68. The zero-order valence-corrected chi connectivity index (χ0v) is 17.2. The van der Waals surface area contributed by atoms with Crippen LogP contribution in [0.15, 0.2) is 12.2 Å². The molecule has 0 amide bonds. The van der Waals surface area contributed by atoms with E-state index < -0.39 is 6.10 Å². The van der Waals surface area contributed by atoms with Crippen LogP contribution < -0.4 is 0 Å². The summed E-state index contributed by atoms with van der Waals surface area (Å²) in [5.74, 6) is -0.305. The fourth-order valence-corrected chi connectivity index (χ4v) is 2.81. The molecule has 0 aromatic rings. The first-order chi connectivity index (χ1) is 13.2. The zero-order valence-electron chi connectivity index (χ0n) is 17.2. The molecule has 0 rings (SSSR count). The largest absolute Gasteiger partial charge is 0.462 e. The Morgan fingerprint density at radius 2 is 1.44 bits per heavy atom. The topological polar surface area (TPSA) is 72.8 Å². The molecule has 0 aromatic carbocycles. The van der Waals surface area contributed by atoms with Crippen LogP contribution >= 0.6 is 0 Å². The molecule has 5 nitrogen and oxygen atoms in total. The van der Waals surface area contributed by atoms with Crippen LogP contribution in [0.2, 0.25) is 0 Å².